The number of halogens is 3. The maximum absolute atomic E-state index is 12.7. The predicted octanol–water partition coefficient (Wildman–Crippen LogP) is 5.09. The lowest BCUT2D eigenvalue weighted by Gasteiger charge is -2.26. The summed E-state index contributed by atoms with van der Waals surface area (Å²) in [6.45, 7) is 3.97. The van der Waals surface area contributed by atoms with E-state index in [4.69, 9.17) is 10.5 Å². The van der Waals surface area contributed by atoms with Gasteiger partial charge in [0.1, 0.15) is 6.10 Å². The lowest BCUT2D eigenvalue weighted by atomic mass is 9.87. The molecule has 0 radical (unpaired) electrons. The average molecular weight is 349 g/mol. The summed E-state index contributed by atoms with van der Waals surface area (Å²) in [7, 11) is 0. The van der Waals surface area contributed by atoms with E-state index in [0.29, 0.717) is 12.0 Å². The first-order valence-electron chi connectivity index (χ1n) is 7.84. The second kappa shape index (κ2) is 5.79. The van der Waals surface area contributed by atoms with E-state index in [1.807, 2.05) is 32.0 Å². The molecular formula is C19H18F3NO2. The topological polar surface area (TPSA) is 52.3 Å². The van der Waals surface area contributed by atoms with Gasteiger partial charge in [0.2, 0.25) is 0 Å². The number of hydrogen-bond donors (Lipinski definition) is 1. The van der Waals surface area contributed by atoms with Gasteiger partial charge in [-0.2, -0.15) is 13.2 Å². The van der Waals surface area contributed by atoms with Crippen LogP contribution >= 0.6 is 0 Å². The number of carbonyl (C=O) groups is 1. The van der Waals surface area contributed by atoms with E-state index in [1.54, 1.807) is 0 Å². The number of hydrogen-bond acceptors (Lipinski definition) is 2. The van der Waals surface area contributed by atoms with E-state index in [1.165, 1.54) is 12.1 Å². The predicted molar refractivity (Wildman–Crippen MR) is 87.8 cm³/mol. The van der Waals surface area contributed by atoms with Gasteiger partial charge in [-0.1, -0.05) is 44.2 Å². The number of rotatable bonds is 2. The molecule has 0 heterocycles. The van der Waals surface area contributed by atoms with Crippen LogP contribution < -0.4 is 5.73 Å². The van der Waals surface area contributed by atoms with Crippen molar-refractivity contribution in [2.24, 2.45) is 11.1 Å². The van der Waals surface area contributed by atoms with Gasteiger partial charge in [-0.05, 0) is 40.8 Å². The van der Waals surface area contributed by atoms with Gasteiger partial charge in [-0.25, -0.2) is 4.79 Å². The fourth-order valence-electron chi connectivity index (χ4n) is 3.39. The molecule has 0 aliphatic heterocycles. The Bertz CT molecular complexity index is 810. The van der Waals surface area contributed by atoms with Crippen molar-refractivity contribution in [3.8, 4) is 11.1 Å². The second-order valence-corrected chi connectivity index (χ2v) is 6.97. The zero-order chi connectivity index (χ0) is 18.4. The molecular weight excluding hydrogens is 331 g/mol. The average Bonchev–Trinajstić information content (AvgIpc) is 2.76. The van der Waals surface area contributed by atoms with E-state index in [-0.39, 0.29) is 5.41 Å². The summed E-state index contributed by atoms with van der Waals surface area (Å²) in [6, 6.07) is 10.7. The quantitative estimate of drug-likeness (QED) is 0.821. The minimum atomic E-state index is -4.35. The molecule has 0 spiro atoms. The number of benzene rings is 2. The minimum absolute atomic E-state index is 0.296. The summed E-state index contributed by atoms with van der Waals surface area (Å²) in [5.41, 5.74) is 7.62. The summed E-state index contributed by atoms with van der Waals surface area (Å²) >= 11 is 0. The maximum Gasteiger partial charge on any atom is 0.416 e. The van der Waals surface area contributed by atoms with Crippen LogP contribution in [-0.4, -0.2) is 6.09 Å². The smallest absolute Gasteiger partial charge is 0.416 e. The number of alkyl halides is 3. The Morgan fingerprint density at radius 3 is 2.28 bits per heavy atom. The molecule has 0 bridgehead atoms. The zero-order valence-corrected chi connectivity index (χ0v) is 13.9. The Morgan fingerprint density at radius 2 is 1.72 bits per heavy atom. The summed E-state index contributed by atoms with van der Waals surface area (Å²) in [5, 5.41) is 0. The largest absolute Gasteiger partial charge is 0.441 e. The normalized spacial score (nSPS) is 18.7. The van der Waals surface area contributed by atoms with Crippen molar-refractivity contribution in [2.45, 2.75) is 32.5 Å². The molecule has 25 heavy (non-hydrogen) atoms. The third-order valence-electron chi connectivity index (χ3n) is 4.56. The van der Waals surface area contributed by atoms with E-state index >= 15 is 0 Å². The van der Waals surface area contributed by atoms with Crippen molar-refractivity contribution in [3.05, 3.63) is 59.2 Å². The van der Waals surface area contributed by atoms with Crippen molar-refractivity contribution in [1.82, 2.24) is 0 Å². The Labute approximate surface area is 143 Å². The molecule has 1 aliphatic carbocycles. The zero-order valence-electron chi connectivity index (χ0n) is 13.9. The summed E-state index contributed by atoms with van der Waals surface area (Å²) in [6.07, 6.45) is -4.91. The number of fused-ring (bicyclic) bond motifs is 1. The van der Waals surface area contributed by atoms with Crippen molar-refractivity contribution in [2.75, 3.05) is 0 Å². The Kier molecular flexibility index (Phi) is 4.01. The molecule has 1 atom stereocenters. The van der Waals surface area contributed by atoms with E-state index < -0.39 is 23.9 Å². The van der Waals surface area contributed by atoms with Crippen LogP contribution in [0.3, 0.4) is 0 Å². The number of nitrogens with two attached hydrogens (primary N) is 1. The van der Waals surface area contributed by atoms with Crippen molar-refractivity contribution in [3.63, 3.8) is 0 Å². The fraction of sp³-hybridized carbons (Fsp3) is 0.316. The van der Waals surface area contributed by atoms with Crippen LogP contribution in [0.25, 0.3) is 11.1 Å². The van der Waals surface area contributed by atoms with E-state index in [2.05, 4.69) is 0 Å². The molecule has 2 N–H and O–H groups in total. The van der Waals surface area contributed by atoms with Crippen LogP contribution in [0.4, 0.5) is 18.0 Å². The maximum atomic E-state index is 12.7. The highest BCUT2D eigenvalue weighted by atomic mass is 19.4. The molecule has 1 amide bonds. The highest BCUT2D eigenvalue weighted by Gasteiger charge is 2.41. The molecule has 0 saturated heterocycles. The Morgan fingerprint density at radius 1 is 1.12 bits per heavy atom. The molecule has 0 aromatic heterocycles. The molecule has 2 aromatic carbocycles. The van der Waals surface area contributed by atoms with Crippen molar-refractivity contribution in [1.29, 1.82) is 0 Å². The second-order valence-electron chi connectivity index (χ2n) is 6.97. The molecule has 132 valence electrons. The van der Waals surface area contributed by atoms with E-state index in [9.17, 15) is 18.0 Å². The van der Waals surface area contributed by atoms with Crippen LogP contribution in [0.5, 0.6) is 0 Å². The first-order chi connectivity index (χ1) is 11.6. The first-order valence-corrected chi connectivity index (χ1v) is 7.84. The van der Waals surface area contributed by atoms with Crippen LogP contribution in [0.15, 0.2) is 42.5 Å². The third-order valence-corrected chi connectivity index (χ3v) is 4.56. The van der Waals surface area contributed by atoms with E-state index in [0.717, 1.165) is 28.8 Å². The Balaban J connectivity index is 1.94. The minimum Gasteiger partial charge on any atom is -0.441 e. The van der Waals surface area contributed by atoms with Gasteiger partial charge in [0, 0.05) is 5.41 Å². The molecule has 3 nitrogen and oxygen atoms in total. The van der Waals surface area contributed by atoms with Crippen LogP contribution in [0.2, 0.25) is 0 Å². The van der Waals surface area contributed by atoms with Crippen LogP contribution in [-0.2, 0) is 17.3 Å². The molecule has 0 saturated carbocycles. The van der Waals surface area contributed by atoms with Gasteiger partial charge in [-0.3, -0.25) is 0 Å². The molecule has 1 aliphatic rings. The number of amides is 1. The monoisotopic (exact) mass is 349 g/mol. The van der Waals surface area contributed by atoms with Gasteiger partial charge in [0.25, 0.3) is 0 Å². The van der Waals surface area contributed by atoms with Crippen LogP contribution in [0.1, 0.15) is 36.6 Å². The lowest BCUT2D eigenvalue weighted by molar-refractivity contribution is -0.137. The highest BCUT2D eigenvalue weighted by molar-refractivity contribution is 5.68. The van der Waals surface area contributed by atoms with Gasteiger partial charge in [0.15, 0.2) is 0 Å². The summed E-state index contributed by atoms with van der Waals surface area (Å²) < 4.78 is 43.3. The SMILES string of the molecule is CC1(C)Cc2cc(-c3ccc(C(F)(F)F)cc3)ccc2C1OC(N)=O. The van der Waals surface area contributed by atoms with Gasteiger partial charge in [0.05, 0.1) is 5.56 Å². The number of ether oxygens (including phenoxy) is 1. The lowest BCUT2D eigenvalue weighted by Crippen LogP contribution is -2.25. The number of primary amides is 1. The van der Waals surface area contributed by atoms with Gasteiger partial charge in [-0.15, -0.1) is 0 Å². The molecule has 2 aromatic rings. The molecule has 3 rings (SSSR count). The molecule has 1 unspecified atom stereocenters. The van der Waals surface area contributed by atoms with Crippen molar-refractivity contribution >= 4 is 6.09 Å². The molecule has 0 fully saturated rings. The summed E-state index contributed by atoms with van der Waals surface area (Å²) in [5.74, 6) is 0. The van der Waals surface area contributed by atoms with Crippen LogP contribution in [0, 0.1) is 5.41 Å². The Hall–Kier alpha value is -2.50. The van der Waals surface area contributed by atoms with Crippen molar-refractivity contribution < 1.29 is 22.7 Å². The molecule has 6 heteroatoms. The first kappa shape index (κ1) is 17.3. The van der Waals surface area contributed by atoms with Gasteiger partial charge >= 0.3 is 12.3 Å². The third kappa shape index (κ3) is 3.34. The fourth-order valence-corrected chi connectivity index (χ4v) is 3.39. The highest BCUT2D eigenvalue weighted by Crippen LogP contribution is 2.48. The number of carbonyl (C=O) groups excluding carboxylic acids is 1. The summed E-state index contributed by atoms with van der Waals surface area (Å²) in [4.78, 5) is 11.2. The standard InChI is InChI=1S/C19H18F3NO2/c1-18(2)10-13-9-12(5-8-15(13)16(18)25-17(23)24)11-3-6-14(7-4-11)19(20,21)22/h3-9,16H,10H2,1-2H3,(H2,23,24). The van der Waals surface area contributed by atoms with Gasteiger partial charge < -0.3 is 10.5 Å².